The Kier molecular flexibility index (Phi) is 3.87. The summed E-state index contributed by atoms with van der Waals surface area (Å²) < 4.78 is 10.3. The molecule has 2 aromatic rings. The topological polar surface area (TPSA) is 67.6 Å². The molecule has 1 aliphatic rings. The van der Waals surface area contributed by atoms with E-state index in [1.165, 1.54) is 0 Å². The molecule has 1 N–H and O–H groups in total. The zero-order valence-electron chi connectivity index (χ0n) is 11.8. The highest BCUT2D eigenvalue weighted by molar-refractivity contribution is 6.02. The Hall–Kier alpha value is -2.34. The lowest BCUT2D eigenvalue weighted by atomic mass is 10.2. The van der Waals surface area contributed by atoms with Gasteiger partial charge in [0.1, 0.15) is 0 Å². The van der Waals surface area contributed by atoms with E-state index in [4.69, 9.17) is 9.26 Å². The van der Waals surface area contributed by atoms with Crippen LogP contribution in [-0.4, -0.2) is 37.4 Å². The molecule has 6 heteroatoms. The fraction of sp³-hybridized carbons (Fsp3) is 0.333. The van der Waals surface area contributed by atoms with Crippen molar-refractivity contribution in [2.45, 2.75) is 6.92 Å². The van der Waals surface area contributed by atoms with Crippen molar-refractivity contribution < 1.29 is 14.1 Å². The lowest BCUT2D eigenvalue weighted by Crippen LogP contribution is -2.36. The lowest BCUT2D eigenvalue weighted by molar-refractivity contribution is 0.0988. The predicted octanol–water partition coefficient (Wildman–Crippen LogP) is 2.07. The second-order valence-corrected chi connectivity index (χ2v) is 4.93. The van der Waals surface area contributed by atoms with Crippen LogP contribution in [0.4, 0.5) is 11.4 Å². The minimum Gasteiger partial charge on any atom is -0.378 e. The predicted molar refractivity (Wildman–Crippen MR) is 78.7 cm³/mol. The van der Waals surface area contributed by atoms with Crippen molar-refractivity contribution >= 4 is 17.3 Å². The molecule has 1 saturated heterocycles. The Balaban J connectivity index is 1.65. The van der Waals surface area contributed by atoms with Gasteiger partial charge in [-0.3, -0.25) is 4.79 Å². The molecule has 0 atom stereocenters. The third-order valence-electron chi connectivity index (χ3n) is 3.35. The first kappa shape index (κ1) is 13.6. The van der Waals surface area contributed by atoms with Crippen molar-refractivity contribution in [2.24, 2.45) is 0 Å². The second-order valence-electron chi connectivity index (χ2n) is 4.93. The van der Waals surface area contributed by atoms with Gasteiger partial charge in [-0.2, -0.15) is 0 Å². The van der Waals surface area contributed by atoms with E-state index in [0.29, 0.717) is 5.69 Å². The van der Waals surface area contributed by atoms with E-state index >= 15 is 0 Å². The van der Waals surface area contributed by atoms with Gasteiger partial charge in [-0.1, -0.05) is 5.16 Å². The van der Waals surface area contributed by atoms with Crippen LogP contribution in [0.2, 0.25) is 0 Å². The van der Waals surface area contributed by atoms with Crippen LogP contribution < -0.4 is 10.2 Å². The molecular weight excluding hydrogens is 270 g/mol. The summed E-state index contributed by atoms with van der Waals surface area (Å²) in [6.07, 6.45) is 0. The largest absolute Gasteiger partial charge is 0.378 e. The summed E-state index contributed by atoms with van der Waals surface area (Å²) in [5, 5.41) is 6.49. The highest BCUT2D eigenvalue weighted by Crippen LogP contribution is 2.19. The molecular formula is C15H17N3O3. The van der Waals surface area contributed by atoms with Crippen LogP contribution in [0.15, 0.2) is 34.9 Å². The van der Waals surface area contributed by atoms with Crippen molar-refractivity contribution in [3.05, 3.63) is 41.8 Å². The number of aryl methyl sites for hydroxylation is 1. The van der Waals surface area contributed by atoms with E-state index < -0.39 is 0 Å². The van der Waals surface area contributed by atoms with Gasteiger partial charge < -0.3 is 19.5 Å². The van der Waals surface area contributed by atoms with Crippen molar-refractivity contribution in [1.82, 2.24) is 5.16 Å². The van der Waals surface area contributed by atoms with Crippen LogP contribution >= 0.6 is 0 Å². The molecule has 0 aliphatic carbocycles. The summed E-state index contributed by atoms with van der Waals surface area (Å²) in [4.78, 5) is 14.2. The first-order valence-corrected chi connectivity index (χ1v) is 6.90. The summed E-state index contributed by atoms with van der Waals surface area (Å²) in [7, 11) is 0. The molecule has 1 aromatic carbocycles. The average molecular weight is 287 g/mol. The number of aromatic nitrogens is 1. The van der Waals surface area contributed by atoms with Crippen molar-refractivity contribution in [3.8, 4) is 0 Å². The SMILES string of the molecule is Cc1cc(C(=O)Nc2ccc(N3CCOCC3)cc2)on1. The van der Waals surface area contributed by atoms with Crippen LogP contribution in [0.3, 0.4) is 0 Å². The van der Waals surface area contributed by atoms with Gasteiger partial charge in [0.05, 0.1) is 18.9 Å². The van der Waals surface area contributed by atoms with Crippen LogP contribution in [-0.2, 0) is 4.74 Å². The second kappa shape index (κ2) is 5.97. The molecule has 1 amide bonds. The fourth-order valence-corrected chi connectivity index (χ4v) is 2.24. The van der Waals surface area contributed by atoms with Gasteiger partial charge in [-0.05, 0) is 31.2 Å². The summed E-state index contributed by atoms with van der Waals surface area (Å²) >= 11 is 0. The number of hydrogen-bond donors (Lipinski definition) is 1. The summed E-state index contributed by atoms with van der Waals surface area (Å²) in [6, 6.07) is 9.36. The van der Waals surface area contributed by atoms with E-state index in [-0.39, 0.29) is 11.7 Å². The summed E-state index contributed by atoms with van der Waals surface area (Å²) in [5.41, 5.74) is 2.54. The van der Waals surface area contributed by atoms with Crippen LogP contribution in [0.5, 0.6) is 0 Å². The third-order valence-corrected chi connectivity index (χ3v) is 3.35. The zero-order chi connectivity index (χ0) is 14.7. The van der Waals surface area contributed by atoms with Gasteiger partial charge in [0.25, 0.3) is 5.91 Å². The molecule has 1 aromatic heterocycles. The normalized spacial score (nSPS) is 15.0. The Bertz CT molecular complexity index is 615. The number of carbonyl (C=O) groups is 1. The van der Waals surface area contributed by atoms with Gasteiger partial charge in [-0.25, -0.2) is 0 Å². The quantitative estimate of drug-likeness (QED) is 0.936. The molecule has 0 saturated carbocycles. The molecule has 6 nitrogen and oxygen atoms in total. The Morgan fingerprint density at radius 1 is 1.24 bits per heavy atom. The van der Waals surface area contributed by atoms with Gasteiger partial charge in [0.2, 0.25) is 5.76 Å². The number of hydrogen-bond acceptors (Lipinski definition) is 5. The van der Waals surface area contributed by atoms with Crippen molar-refractivity contribution in [3.63, 3.8) is 0 Å². The first-order valence-electron chi connectivity index (χ1n) is 6.90. The molecule has 3 rings (SSSR count). The van der Waals surface area contributed by atoms with Crippen LogP contribution in [0.25, 0.3) is 0 Å². The van der Waals surface area contributed by atoms with Gasteiger partial charge in [0.15, 0.2) is 0 Å². The minimum absolute atomic E-state index is 0.213. The van der Waals surface area contributed by atoms with Crippen molar-refractivity contribution in [1.29, 1.82) is 0 Å². The molecule has 110 valence electrons. The smallest absolute Gasteiger partial charge is 0.294 e. The van der Waals surface area contributed by atoms with E-state index in [9.17, 15) is 4.79 Å². The average Bonchev–Trinajstić information content (AvgIpc) is 2.96. The molecule has 0 unspecified atom stereocenters. The summed E-state index contributed by atoms with van der Waals surface area (Å²) in [6.45, 7) is 5.07. The van der Waals surface area contributed by atoms with E-state index in [2.05, 4.69) is 15.4 Å². The fourth-order valence-electron chi connectivity index (χ4n) is 2.24. The standard InChI is InChI=1S/C15H17N3O3/c1-11-10-14(21-17-11)15(19)16-12-2-4-13(5-3-12)18-6-8-20-9-7-18/h2-5,10H,6-9H2,1H3,(H,16,19). The van der Waals surface area contributed by atoms with E-state index in [1.807, 2.05) is 24.3 Å². The van der Waals surface area contributed by atoms with Gasteiger partial charge in [0, 0.05) is 30.5 Å². The number of anilines is 2. The third kappa shape index (κ3) is 3.22. The number of amides is 1. The maximum atomic E-state index is 11.9. The van der Waals surface area contributed by atoms with Gasteiger partial charge in [-0.15, -0.1) is 0 Å². The molecule has 0 bridgehead atoms. The molecule has 1 aliphatic heterocycles. The summed E-state index contributed by atoms with van der Waals surface area (Å²) in [5.74, 6) is -0.0838. The van der Waals surface area contributed by atoms with Crippen LogP contribution in [0, 0.1) is 6.92 Å². The molecule has 21 heavy (non-hydrogen) atoms. The number of carbonyl (C=O) groups excluding carboxylic acids is 1. The molecule has 0 spiro atoms. The number of rotatable bonds is 3. The molecule has 0 radical (unpaired) electrons. The number of nitrogens with zero attached hydrogens (tertiary/aromatic N) is 2. The Morgan fingerprint density at radius 3 is 2.57 bits per heavy atom. The zero-order valence-corrected chi connectivity index (χ0v) is 11.8. The maximum Gasteiger partial charge on any atom is 0.294 e. The highest BCUT2D eigenvalue weighted by Gasteiger charge is 2.13. The minimum atomic E-state index is -0.297. The monoisotopic (exact) mass is 287 g/mol. The lowest BCUT2D eigenvalue weighted by Gasteiger charge is -2.28. The molecule has 1 fully saturated rings. The molecule has 2 heterocycles. The number of ether oxygens (including phenoxy) is 1. The van der Waals surface area contributed by atoms with Crippen LogP contribution in [0.1, 0.15) is 16.2 Å². The first-order chi connectivity index (χ1) is 10.2. The number of benzene rings is 1. The van der Waals surface area contributed by atoms with Crippen molar-refractivity contribution in [2.75, 3.05) is 36.5 Å². The number of morpholine rings is 1. The van der Waals surface area contributed by atoms with E-state index in [0.717, 1.165) is 37.7 Å². The highest BCUT2D eigenvalue weighted by atomic mass is 16.5. The Morgan fingerprint density at radius 2 is 1.95 bits per heavy atom. The van der Waals surface area contributed by atoms with E-state index in [1.54, 1.807) is 13.0 Å². The maximum absolute atomic E-state index is 11.9. The van der Waals surface area contributed by atoms with Gasteiger partial charge >= 0.3 is 0 Å². The number of nitrogens with one attached hydrogen (secondary N) is 1. The Labute approximate surface area is 122 Å².